The first-order valence-electron chi connectivity index (χ1n) is 21.2. The lowest BCUT2D eigenvalue weighted by molar-refractivity contribution is -0.137. The molecule has 3 aliphatic rings. The zero-order valence-electron chi connectivity index (χ0n) is 36.1. The summed E-state index contributed by atoms with van der Waals surface area (Å²) in [7, 11) is -1.88. The molecule has 3 fully saturated rings. The number of benzene rings is 2. The molecule has 0 saturated carbocycles. The van der Waals surface area contributed by atoms with Crippen molar-refractivity contribution in [2.24, 2.45) is 5.92 Å². The van der Waals surface area contributed by atoms with Gasteiger partial charge in [0, 0.05) is 68.6 Å². The number of rotatable bonds is 13. The Morgan fingerprint density at radius 1 is 0.947 bits per heavy atom. The van der Waals surface area contributed by atoms with Crippen LogP contribution in [0.1, 0.15) is 85.3 Å². The Labute approximate surface area is 347 Å². The van der Waals surface area contributed by atoms with Gasteiger partial charge >= 0.3 is 6.09 Å². The number of halogens is 2. The number of hydrogen-bond donors (Lipinski definition) is 1. The first-order chi connectivity index (χ1) is 26.8. The van der Waals surface area contributed by atoms with E-state index in [1.165, 1.54) is 17.3 Å². The average molecular weight is 831 g/mol. The van der Waals surface area contributed by atoms with Crippen LogP contribution in [0, 0.1) is 11.7 Å². The van der Waals surface area contributed by atoms with Gasteiger partial charge in [-0.3, -0.25) is 9.69 Å². The van der Waals surface area contributed by atoms with E-state index in [1.807, 2.05) is 38.7 Å². The highest BCUT2D eigenvalue weighted by Gasteiger charge is 2.41. The monoisotopic (exact) mass is 829 g/mol. The number of nitrogens with zero attached hydrogens (tertiary/aromatic N) is 4. The molecule has 5 rings (SSSR count). The predicted octanol–water partition coefficient (Wildman–Crippen LogP) is 8.36. The van der Waals surface area contributed by atoms with E-state index < -0.39 is 26.1 Å². The molecule has 0 unspecified atom stereocenters. The number of likely N-dealkylation sites (tertiary alicyclic amines) is 1. The van der Waals surface area contributed by atoms with E-state index in [9.17, 15) is 14.0 Å². The lowest BCUT2D eigenvalue weighted by Gasteiger charge is -2.43. The molecule has 10 nitrogen and oxygen atoms in total. The number of piperidine rings is 2. The number of amides is 2. The summed E-state index contributed by atoms with van der Waals surface area (Å²) in [6.07, 6.45) is 4.27. The fourth-order valence-corrected chi connectivity index (χ4v) is 9.62. The molecule has 2 atom stereocenters. The van der Waals surface area contributed by atoms with Crippen LogP contribution in [0.3, 0.4) is 0 Å². The number of hydrogen-bond acceptors (Lipinski definition) is 8. The molecule has 3 aliphatic heterocycles. The maximum Gasteiger partial charge on any atom is 0.408 e. The SMILES string of the molecule is CCOc1cccc(F)c1CN1CCN(C(=O)[C@H](NC(=O)OC(C)(C)C)C2CCN(CCc3cc(Cl)ccc3N3CCC[C@@H](O[Si](C)(C)C(C)(C)C)C3)CC2)CC1. The maximum absolute atomic E-state index is 14.8. The van der Waals surface area contributed by atoms with Gasteiger partial charge in [-0.2, -0.15) is 0 Å². The molecule has 0 spiro atoms. The van der Waals surface area contributed by atoms with E-state index in [0.29, 0.717) is 50.6 Å². The van der Waals surface area contributed by atoms with E-state index in [1.54, 1.807) is 12.1 Å². The number of anilines is 1. The van der Waals surface area contributed by atoms with Crippen molar-refractivity contribution < 1.29 is 27.9 Å². The Morgan fingerprint density at radius 2 is 1.65 bits per heavy atom. The molecule has 2 aromatic carbocycles. The van der Waals surface area contributed by atoms with E-state index in [4.69, 9.17) is 25.5 Å². The minimum absolute atomic E-state index is 0.0284. The molecular formula is C44H69ClFN5O5Si. The first-order valence-corrected chi connectivity index (χ1v) is 24.5. The van der Waals surface area contributed by atoms with E-state index in [0.717, 1.165) is 69.9 Å². The summed E-state index contributed by atoms with van der Waals surface area (Å²) in [4.78, 5) is 36.3. The minimum Gasteiger partial charge on any atom is -0.493 e. The van der Waals surface area contributed by atoms with E-state index in [-0.39, 0.29) is 28.8 Å². The highest BCUT2D eigenvalue weighted by atomic mass is 35.5. The lowest BCUT2D eigenvalue weighted by atomic mass is 9.88. The highest BCUT2D eigenvalue weighted by molar-refractivity contribution is 6.74. The standard InChI is InChI=1S/C44H69ClFN5O5Si/c1-10-54-39-15-11-14-37(46)36(39)31-49-25-27-50(28-26-49)41(52)40(47-42(53)55-43(2,3)4)32-18-22-48(23-19-32)24-20-33-29-34(45)16-17-38(33)51-21-12-13-35(30-51)56-57(8,9)44(5,6)7/h11,14-17,29,32,35,40H,10,12-13,18-28,30-31H2,1-9H3,(H,47,53)/t35-,40-/m1/s1. The number of alkyl carbamates (subject to hydrolysis) is 1. The van der Waals surface area contributed by atoms with Crippen LogP contribution in [0.15, 0.2) is 36.4 Å². The minimum atomic E-state index is -1.88. The third-order valence-corrected chi connectivity index (χ3v) is 17.0. The van der Waals surface area contributed by atoms with Crippen LogP contribution in [0.5, 0.6) is 5.75 Å². The molecule has 3 saturated heterocycles. The van der Waals surface area contributed by atoms with Gasteiger partial charge in [-0.15, -0.1) is 0 Å². The van der Waals surface area contributed by atoms with Crippen molar-refractivity contribution in [2.45, 2.75) is 123 Å². The summed E-state index contributed by atoms with van der Waals surface area (Å²) in [6.45, 7) is 26.4. The Balaban J connectivity index is 1.19. The molecular weight excluding hydrogens is 761 g/mol. The van der Waals surface area contributed by atoms with E-state index in [2.05, 4.69) is 66.0 Å². The van der Waals surface area contributed by atoms with Crippen LogP contribution in [0.25, 0.3) is 0 Å². The van der Waals surface area contributed by atoms with Crippen molar-refractivity contribution in [3.8, 4) is 5.75 Å². The number of carbonyl (C=O) groups is 2. The van der Waals surface area contributed by atoms with Gasteiger partial charge in [-0.05, 0) is 133 Å². The molecule has 318 valence electrons. The van der Waals surface area contributed by atoms with Crippen LogP contribution in [-0.2, 0) is 26.9 Å². The largest absolute Gasteiger partial charge is 0.493 e. The zero-order valence-corrected chi connectivity index (χ0v) is 37.9. The summed E-state index contributed by atoms with van der Waals surface area (Å²) >= 11 is 6.59. The zero-order chi connectivity index (χ0) is 41.5. The molecule has 3 heterocycles. The number of nitrogens with one attached hydrogen (secondary N) is 1. The van der Waals surface area contributed by atoms with E-state index >= 15 is 0 Å². The van der Waals surface area contributed by atoms with Crippen LogP contribution in [0.2, 0.25) is 23.2 Å². The van der Waals surface area contributed by atoms with Crippen LogP contribution in [0.4, 0.5) is 14.9 Å². The second-order valence-electron chi connectivity index (χ2n) is 18.7. The second-order valence-corrected chi connectivity index (χ2v) is 23.9. The predicted molar refractivity (Wildman–Crippen MR) is 230 cm³/mol. The van der Waals surface area contributed by atoms with Crippen LogP contribution < -0.4 is 15.0 Å². The molecule has 13 heteroatoms. The van der Waals surface area contributed by atoms with Gasteiger partial charge in [0.25, 0.3) is 0 Å². The van der Waals surface area contributed by atoms with Crippen molar-refractivity contribution in [3.05, 3.63) is 58.4 Å². The summed E-state index contributed by atoms with van der Waals surface area (Å²) in [5.41, 5.74) is 2.34. The van der Waals surface area contributed by atoms with Gasteiger partial charge in [0.1, 0.15) is 23.2 Å². The maximum atomic E-state index is 14.8. The van der Waals surface area contributed by atoms with Crippen LogP contribution in [-0.4, -0.2) is 118 Å². The topological polar surface area (TPSA) is 86.8 Å². The molecule has 0 aromatic heterocycles. The molecule has 0 bridgehead atoms. The third-order valence-electron chi connectivity index (χ3n) is 12.2. The Morgan fingerprint density at radius 3 is 2.30 bits per heavy atom. The van der Waals surface area contributed by atoms with Gasteiger partial charge in [-0.1, -0.05) is 38.4 Å². The quantitative estimate of drug-likeness (QED) is 0.202. The average Bonchev–Trinajstić information content (AvgIpc) is 3.13. The number of piperazine rings is 1. The van der Waals surface area contributed by atoms with Crippen LogP contribution >= 0.6 is 11.6 Å². The number of ether oxygens (including phenoxy) is 2. The Kier molecular flexibility index (Phi) is 15.4. The van der Waals surface area contributed by atoms with Gasteiger partial charge < -0.3 is 33.9 Å². The van der Waals surface area contributed by atoms with Gasteiger partial charge in [0.2, 0.25) is 5.91 Å². The number of carbonyl (C=O) groups excluding carboxylic acids is 2. The summed E-state index contributed by atoms with van der Waals surface area (Å²) in [5, 5.41) is 3.91. The molecule has 2 aromatic rings. The molecule has 0 radical (unpaired) electrons. The Hall–Kier alpha value is -2.90. The lowest BCUT2D eigenvalue weighted by Crippen LogP contribution is -2.58. The normalized spacial score (nSPS) is 20.0. The van der Waals surface area contributed by atoms with Crippen molar-refractivity contribution >= 4 is 37.6 Å². The van der Waals surface area contributed by atoms with Crippen molar-refractivity contribution in [3.63, 3.8) is 0 Å². The van der Waals surface area contributed by atoms with Gasteiger partial charge in [-0.25, -0.2) is 9.18 Å². The van der Waals surface area contributed by atoms with Gasteiger partial charge in [0.15, 0.2) is 8.32 Å². The molecule has 2 amide bonds. The summed E-state index contributed by atoms with van der Waals surface area (Å²) < 4.78 is 33.0. The molecule has 1 N–H and O–H groups in total. The van der Waals surface area contributed by atoms with Crippen molar-refractivity contribution in [1.29, 1.82) is 0 Å². The summed E-state index contributed by atoms with van der Waals surface area (Å²) in [6, 6.07) is 10.5. The molecule has 57 heavy (non-hydrogen) atoms. The van der Waals surface area contributed by atoms with Gasteiger partial charge in [0.05, 0.1) is 12.7 Å². The second kappa shape index (κ2) is 19.4. The fourth-order valence-electron chi connectivity index (χ4n) is 8.04. The Bertz CT molecular complexity index is 1650. The summed E-state index contributed by atoms with van der Waals surface area (Å²) in [5.74, 6) is 0.156. The first kappa shape index (κ1) is 45.2. The van der Waals surface area contributed by atoms with Crippen molar-refractivity contribution in [1.82, 2.24) is 20.0 Å². The highest BCUT2D eigenvalue weighted by Crippen LogP contribution is 2.39. The van der Waals surface area contributed by atoms with Crippen molar-refractivity contribution in [2.75, 3.05) is 70.4 Å². The smallest absolute Gasteiger partial charge is 0.408 e. The molecule has 0 aliphatic carbocycles. The third kappa shape index (κ3) is 12.6. The fraction of sp³-hybridized carbons (Fsp3) is 0.682.